The van der Waals surface area contributed by atoms with Crippen LogP contribution >= 0.6 is 11.6 Å². The number of unbranched alkanes of at least 4 members (excludes halogenated alkanes) is 1. The molecule has 19 heavy (non-hydrogen) atoms. The van der Waals surface area contributed by atoms with E-state index in [1.165, 1.54) is 0 Å². The number of benzene rings is 1. The normalized spacial score (nSPS) is 10.8. The number of hydrogen-bond donors (Lipinski definition) is 0. The van der Waals surface area contributed by atoms with Crippen LogP contribution in [-0.2, 0) is 4.79 Å². The Balaban J connectivity index is 2.57. The summed E-state index contributed by atoms with van der Waals surface area (Å²) in [7, 11) is 0. The maximum absolute atomic E-state index is 11.9. The van der Waals surface area contributed by atoms with Gasteiger partial charge in [0.25, 0.3) is 0 Å². The van der Waals surface area contributed by atoms with Crippen molar-refractivity contribution in [3.05, 3.63) is 41.5 Å². The van der Waals surface area contributed by atoms with Gasteiger partial charge in [0.15, 0.2) is 5.78 Å². The second-order valence-electron chi connectivity index (χ2n) is 4.42. The third-order valence-corrected chi connectivity index (χ3v) is 2.98. The predicted octanol–water partition coefficient (Wildman–Crippen LogP) is 4.27. The first-order chi connectivity index (χ1) is 9.17. The molecule has 0 aliphatic heterocycles. The number of alkyl halides is 1. The molecule has 0 amide bonds. The molecule has 0 heterocycles. The highest BCUT2D eigenvalue weighted by Crippen LogP contribution is 2.10. The second-order valence-corrected chi connectivity index (χ2v) is 4.73. The van der Waals surface area contributed by atoms with Gasteiger partial charge in [0.05, 0.1) is 6.42 Å². The van der Waals surface area contributed by atoms with Crippen molar-refractivity contribution >= 4 is 29.2 Å². The zero-order valence-electron chi connectivity index (χ0n) is 11.2. The molecule has 0 aliphatic rings. The van der Waals surface area contributed by atoms with Crippen molar-refractivity contribution in [2.75, 3.05) is 5.88 Å². The van der Waals surface area contributed by atoms with Crippen molar-refractivity contribution in [1.82, 2.24) is 0 Å². The number of hydrogen-bond acceptors (Lipinski definition) is 2. The average Bonchev–Trinajstić information content (AvgIpc) is 2.43. The number of ketones is 2. The summed E-state index contributed by atoms with van der Waals surface area (Å²) < 4.78 is 0. The summed E-state index contributed by atoms with van der Waals surface area (Å²) in [5.41, 5.74) is 1.59. The Morgan fingerprint density at radius 2 is 1.89 bits per heavy atom. The number of carbonyl (C=O) groups is 2. The van der Waals surface area contributed by atoms with Gasteiger partial charge in [-0.05, 0) is 12.0 Å². The highest BCUT2D eigenvalue weighted by molar-refractivity contribution is 6.19. The Bertz CT molecular complexity index is 446. The molecule has 0 aromatic heterocycles. The Hall–Kier alpha value is -1.41. The van der Waals surface area contributed by atoms with Gasteiger partial charge in [-0.2, -0.15) is 0 Å². The van der Waals surface area contributed by atoms with E-state index in [0.717, 1.165) is 18.4 Å². The van der Waals surface area contributed by atoms with Gasteiger partial charge in [-0.1, -0.05) is 49.8 Å². The number of Topliss-reactive ketones (excluding diaryl/α,β-unsaturated/α-hetero) is 2. The number of carbonyl (C=O) groups excluding carboxylic acids is 2. The molecule has 0 atom stereocenters. The van der Waals surface area contributed by atoms with Crippen molar-refractivity contribution in [3.8, 4) is 0 Å². The standard InChI is InChI=1S/C16H19ClO2/c1-2-3-6-15(18)12-16(19)14-9-7-13(8-10-14)5-4-11-17/h4-5,7-10H,2-3,6,11-12H2,1H3/b5-4+. The van der Waals surface area contributed by atoms with Gasteiger partial charge >= 0.3 is 0 Å². The van der Waals surface area contributed by atoms with Crippen LogP contribution < -0.4 is 0 Å². The predicted molar refractivity (Wildman–Crippen MR) is 79.7 cm³/mol. The van der Waals surface area contributed by atoms with Crippen LogP contribution in [0.3, 0.4) is 0 Å². The molecule has 102 valence electrons. The fourth-order valence-electron chi connectivity index (χ4n) is 1.70. The van der Waals surface area contributed by atoms with Gasteiger partial charge in [0.2, 0.25) is 0 Å². The van der Waals surface area contributed by atoms with Crippen LogP contribution in [0.5, 0.6) is 0 Å². The zero-order valence-corrected chi connectivity index (χ0v) is 12.0. The van der Waals surface area contributed by atoms with E-state index in [2.05, 4.69) is 0 Å². The third kappa shape index (κ3) is 5.84. The lowest BCUT2D eigenvalue weighted by atomic mass is 10.0. The SMILES string of the molecule is CCCCC(=O)CC(=O)c1ccc(/C=C/CCl)cc1. The van der Waals surface area contributed by atoms with Gasteiger partial charge in [-0.15, -0.1) is 11.6 Å². The summed E-state index contributed by atoms with van der Waals surface area (Å²) >= 11 is 5.55. The smallest absolute Gasteiger partial charge is 0.170 e. The molecule has 1 rings (SSSR count). The van der Waals surface area contributed by atoms with E-state index in [9.17, 15) is 9.59 Å². The van der Waals surface area contributed by atoms with Crippen molar-refractivity contribution in [2.24, 2.45) is 0 Å². The molecule has 0 saturated carbocycles. The monoisotopic (exact) mass is 278 g/mol. The summed E-state index contributed by atoms with van der Waals surface area (Å²) in [6.45, 7) is 2.03. The van der Waals surface area contributed by atoms with E-state index in [4.69, 9.17) is 11.6 Å². The van der Waals surface area contributed by atoms with Crippen molar-refractivity contribution < 1.29 is 9.59 Å². The summed E-state index contributed by atoms with van der Waals surface area (Å²) in [5.74, 6) is 0.388. The van der Waals surface area contributed by atoms with E-state index in [1.54, 1.807) is 12.1 Å². The molecular formula is C16H19ClO2. The van der Waals surface area contributed by atoms with E-state index in [1.807, 2.05) is 31.2 Å². The lowest BCUT2D eigenvalue weighted by Crippen LogP contribution is -2.07. The van der Waals surface area contributed by atoms with Crippen molar-refractivity contribution in [3.63, 3.8) is 0 Å². The van der Waals surface area contributed by atoms with Crippen molar-refractivity contribution in [2.45, 2.75) is 32.6 Å². The summed E-state index contributed by atoms with van der Waals surface area (Å²) in [6.07, 6.45) is 6.08. The zero-order chi connectivity index (χ0) is 14.1. The lowest BCUT2D eigenvalue weighted by molar-refractivity contribution is -0.118. The minimum absolute atomic E-state index is 0.0108. The van der Waals surface area contributed by atoms with E-state index in [-0.39, 0.29) is 18.0 Å². The Kier molecular flexibility index (Phi) is 7.12. The minimum Gasteiger partial charge on any atom is -0.299 e. The molecule has 0 radical (unpaired) electrons. The van der Waals surface area contributed by atoms with Crippen LogP contribution in [0.25, 0.3) is 6.08 Å². The quantitative estimate of drug-likeness (QED) is 0.404. The molecule has 1 aromatic carbocycles. The third-order valence-electron chi connectivity index (χ3n) is 2.80. The van der Waals surface area contributed by atoms with Gasteiger partial charge in [0, 0.05) is 17.9 Å². The second kappa shape index (κ2) is 8.65. The fraction of sp³-hybridized carbons (Fsp3) is 0.375. The first-order valence-corrected chi connectivity index (χ1v) is 7.08. The molecule has 0 saturated heterocycles. The molecule has 0 unspecified atom stereocenters. The van der Waals surface area contributed by atoms with E-state index < -0.39 is 0 Å². The Labute approximate surface area is 119 Å². The number of halogens is 1. The maximum atomic E-state index is 11.9. The van der Waals surface area contributed by atoms with E-state index in [0.29, 0.717) is 17.9 Å². The first-order valence-electron chi connectivity index (χ1n) is 6.54. The minimum atomic E-state index is -0.103. The van der Waals surface area contributed by atoms with Gasteiger partial charge in [-0.25, -0.2) is 0 Å². The maximum Gasteiger partial charge on any atom is 0.170 e. The largest absolute Gasteiger partial charge is 0.299 e. The molecule has 2 nitrogen and oxygen atoms in total. The molecule has 0 aliphatic carbocycles. The highest BCUT2D eigenvalue weighted by Gasteiger charge is 2.11. The molecule has 0 fully saturated rings. The van der Waals surface area contributed by atoms with Gasteiger partial charge in [-0.3, -0.25) is 9.59 Å². The molecule has 1 aromatic rings. The first kappa shape index (κ1) is 15.6. The molecule has 3 heteroatoms. The molecule has 0 spiro atoms. The summed E-state index contributed by atoms with van der Waals surface area (Å²) in [6, 6.07) is 7.21. The fourth-order valence-corrected chi connectivity index (χ4v) is 1.79. The molecule has 0 bridgehead atoms. The van der Waals surface area contributed by atoms with Crippen LogP contribution in [0.15, 0.2) is 30.3 Å². The Morgan fingerprint density at radius 3 is 2.47 bits per heavy atom. The van der Waals surface area contributed by atoms with Gasteiger partial charge < -0.3 is 0 Å². The number of rotatable bonds is 8. The average molecular weight is 279 g/mol. The summed E-state index contributed by atoms with van der Waals surface area (Å²) in [5, 5.41) is 0. The summed E-state index contributed by atoms with van der Waals surface area (Å²) in [4.78, 5) is 23.4. The van der Waals surface area contributed by atoms with Crippen LogP contribution in [0.2, 0.25) is 0 Å². The number of allylic oxidation sites excluding steroid dienone is 1. The topological polar surface area (TPSA) is 34.1 Å². The van der Waals surface area contributed by atoms with Gasteiger partial charge in [0.1, 0.15) is 5.78 Å². The van der Waals surface area contributed by atoms with E-state index >= 15 is 0 Å². The van der Waals surface area contributed by atoms with Crippen LogP contribution in [0.1, 0.15) is 48.5 Å². The molecule has 0 N–H and O–H groups in total. The Morgan fingerprint density at radius 1 is 1.21 bits per heavy atom. The molecular weight excluding hydrogens is 260 g/mol. The van der Waals surface area contributed by atoms with Crippen LogP contribution in [0, 0.1) is 0 Å². The van der Waals surface area contributed by atoms with Crippen LogP contribution in [0.4, 0.5) is 0 Å². The van der Waals surface area contributed by atoms with Crippen LogP contribution in [-0.4, -0.2) is 17.4 Å². The lowest BCUT2D eigenvalue weighted by Gasteiger charge is -2.01. The highest BCUT2D eigenvalue weighted by atomic mass is 35.5. The van der Waals surface area contributed by atoms with Crippen molar-refractivity contribution in [1.29, 1.82) is 0 Å².